The minimum absolute atomic E-state index is 0.0215. The third-order valence-electron chi connectivity index (χ3n) is 4.80. The van der Waals surface area contributed by atoms with Gasteiger partial charge in [0, 0.05) is 18.0 Å². The van der Waals surface area contributed by atoms with Crippen LogP contribution in [0.5, 0.6) is 11.5 Å². The molecule has 2 aromatic rings. The molecule has 0 aromatic heterocycles. The van der Waals surface area contributed by atoms with Crippen LogP contribution in [0.2, 0.25) is 0 Å². The van der Waals surface area contributed by atoms with Gasteiger partial charge in [0.05, 0.1) is 11.3 Å². The van der Waals surface area contributed by atoms with Crippen molar-refractivity contribution in [1.82, 2.24) is 5.32 Å². The van der Waals surface area contributed by atoms with E-state index >= 15 is 0 Å². The summed E-state index contributed by atoms with van der Waals surface area (Å²) in [6, 6.07) is 16.4. The Hall–Kier alpha value is -3.51. The summed E-state index contributed by atoms with van der Waals surface area (Å²) in [6.45, 7) is 2.06. The van der Waals surface area contributed by atoms with E-state index in [9.17, 15) is 4.79 Å². The molecule has 0 atom stereocenters. The van der Waals surface area contributed by atoms with E-state index in [0.717, 1.165) is 31.7 Å². The highest BCUT2D eigenvalue weighted by Gasteiger charge is 2.14. The quantitative estimate of drug-likeness (QED) is 0.462. The van der Waals surface area contributed by atoms with Crippen molar-refractivity contribution in [3.8, 4) is 11.5 Å². The number of hydrogen-bond acceptors (Lipinski definition) is 5. The summed E-state index contributed by atoms with van der Waals surface area (Å²) in [5.74, 6) is 1.23. The van der Waals surface area contributed by atoms with E-state index in [4.69, 9.17) is 15.9 Å². The van der Waals surface area contributed by atoms with Crippen molar-refractivity contribution in [3.63, 3.8) is 0 Å². The molecule has 1 amide bonds. The fourth-order valence-electron chi connectivity index (χ4n) is 3.13. The number of rotatable bonds is 8. The lowest BCUT2D eigenvalue weighted by Gasteiger charge is -2.18. The molecule has 0 spiro atoms. The molecule has 1 saturated heterocycles. The first-order valence-corrected chi connectivity index (χ1v) is 9.96. The number of allylic oxidation sites excluding steroid dienone is 2. The van der Waals surface area contributed by atoms with E-state index in [1.165, 1.54) is 6.20 Å². The van der Waals surface area contributed by atoms with Crippen LogP contribution in [-0.4, -0.2) is 30.9 Å². The highest BCUT2D eigenvalue weighted by molar-refractivity contribution is 6.26. The summed E-state index contributed by atoms with van der Waals surface area (Å²) in [6.07, 6.45) is 9.19. The Bertz CT molecular complexity index is 941. The number of para-hydroxylation sites is 1. The first kappa shape index (κ1) is 21.2. The van der Waals surface area contributed by atoms with Crippen molar-refractivity contribution in [2.24, 2.45) is 16.6 Å². The highest BCUT2D eigenvalue weighted by atomic mass is 16.5. The van der Waals surface area contributed by atoms with Crippen LogP contribution >= 0.6 is 0 Å². The molecule has 2 aromatic carbocycles. The molecule has 0 unspecified atom stereocenters. The van der Waals surface area contributed by atoms with Crippen molar-refractivity contribution >= 4 is 17.8 Å². The predicted molar refractivity (Wildman–Crippen MR) is 120 cm³/mol. The molecule has 0 saturated carbocycles. The van der Waals surface area contributed by atoms with Crippen LogP contribution < -0.4 is 15.8 Å². The fourth-order valence-corrected chi connectivity index (χ4v) is 3.13. The number of ether oxygens (including phenoxy) is 1. The molecule has 0 radical (unpaired) electrons. The fraction of sp³-hybridized carbons (Fsp3) is 0.208. The van der Waals surface area contributed by atoms with Gasteiger partial charge in [0.1, 0.15) is 11.5 Å². The maximum absolute atomic E-state index is 11.8. The number of nitrogens with one attached hydrogen (secondary N) is 2. The predicted octanol–water partition coefficient (Wildman–Crippen LogP) is 3.84. The number of primary amides is 1. The van der Waals surface area contributed by atoms with Gasteiger partial charge in [0.25, 0.3) is 5.91 Å². The van der Waals surface area contributed by atoms with Crippen molar-refractivity contribution in [2.45, 2.75) is 12.8 Å². The lowest BCUT2D eigenvalue weighted by Crippen LogP contribution is -2.26. The van der Waals surface area contributed by atoms with Gasteiger partial charge in [-0.3, -0.25) is 15.2 Å². The Morgan fingerprint density at radius 2 is 1.73 bits per heavy atom. The molecule has 0 aliphatic carbocycles. The summed E-state index contributed by atoms with van der Waals surface area (Å²) in [5, 5.41) is 11.7. The number of hydrogen-bond donors (Lipinski definition) is 3. The number of carbonyl (C=O) groups is 1. The van der Waals surface area contributed by atoms with Crippen LogP contribution in [0.4, 0.5) is 0 Å². The van der Waals surface area contributed by atoms with Crippen LogP contribution in [0.15, 0.2) is 83.5 Å². The number of nitrogens with two attached hydrogens (primary N) is 1. The summed E-state index contributed by atoms with van der Waals surface area (Å²) in [5.41, 5.74) is 6.10. The Morgan fingerprint density at radius 3 is 2.40 bits per heavy atom. The summed E-state index contributed by atoms with van der Waals surface area (Å²) in [7, 11) is 0. The van der Waals surface area contributed by atoms with E-state index in [2.05, 4.69) is 16.4 Å². The topological polar surface area (TPSA) is 101 Å². The van der Waals surface area contributed by atoms with Gasteiger partial charge in [-0.1, -0.05) is 24.3 Å². The van der Waals surface area contributed by atoms with E-state index in [1.54, 1.807) is 30.5 Å². The van der Waals surface area contributed by atoms with Crippen LogP contribution in [-0.2, 0) is 4.79 Å². The normalized spacial score (nSPS) is 15.5. The smallest absolute Gasteiger partial charge is 0.252 e. The maximum Gasteiger partial charge on any atom is 0.252 e. The van der Waals surface area contributed by atoms with Crippen molar-refractivity contribution < 1.29 is 9.53 Å². The molecule has 4 N–H and O–H groups in total. The largest absolute Gasteiger partial charge is 0.457 e. The number of amides is 1. The van der Waals surface area contributed by atoms with Crippen LogP contribution in [0, 0.1) is 11.3 Å². The second kappa shape index (κ2) is 10.9. The molecule has 6 nitrogen and oxygen atoms in total. The molecule has 0 bridgehead atoms. The molecular formula is C24H26N4O2. The SMILES string of the molecule is N=C(C(=CN=CC=CC1CCNCC1)C(N)=O)c1ccc(Oc2ccccc2)cc1. The molecule has 6 heteroatoms. The summed E-state index contributed by atoms with van der Waals surface area (Å²) in [4.78, 5) is 16.0. The van der Waals surface area contributed by atoms with Crippen LogP contribution in [0.1, 0.15) is 18.4 Å². The number of benzene rings is 2. The number of piperidine rings is 1. The summed E-state index contributed by atoms with van der Waals surface area (Å²) >= 11 is 0. The lowest BCUT2D eigenvalue weighted by molar-refractivity contribution is -0.114. The molecular weight excluding hydrogens is 376 g/mol. The standard InChI is InChI=1S/C24H26N4O2/c25-23(19-8-10-21(11-9-19)30-20-6-2-1-3-7-20)22(24(26)29)17-28-14-4-5-18-12-15-27-16-13-18/h1-11,14,17-18,25,27H,12-13,15-16H2,(H2,26,29). The number of aliphatic imine (C=N–C) groups is 1. The first-order chi connectivity index (χ1) is 14.6. The molecule has 3 rings (SSSR count). The molecule has 154 valence electrons. The van der Waals surface area contributed by atoms with Crippen molar-refractivity contribution in [2.75, 3.05) is 13.1 Å². The molecule has 1 fully saturated rings. The zero-order valence-electron chi connectivity index (χ0n) is 16.8. The van der Waals surface area contributed by atoms with Gasteiger partial charge >= 0.3 is 0 Å². The van der Waals surface area contributed by atoms with Gasteiger partial charge < -0.3 is 15.8 Å². The van der Waals surface area contributed by atoms with E-state index in [1.807, 2.05) is 36.4 Å². The van der Waals surface area contributed by atoms with E-state index < -0.39 is 5.91 Å². The Morgan fingerprint density at radius 1 is 1.07 bits per heavy atom. The minimum Gasteiger partial charge on any atom is -0.457 e. The molecule has 30 heavy (non-hydrogen) atoms. The molecule has 1 heterocycles. The number of nitrogens with zero attached hydrogens (tertiary/aromatic N) is 1. The average Bonchev–Trinajstić information content (AvgIpc) is 2.77. The van der Waals surface area contributed by atoms with Crippen LogP contribution in [0.25, 0.3) is 0 Å². The van der Waals surface area contributed by atoms with Crippen LogP contribution in [0.3, 0.4) is 0 Å². The first-order valence-electron chi connectivity index (χ1n) is 9.96. The number of carbonyl (C=O) groups excluding carboxylic acids is 1. The zero-order chi connectivity index (χ0) is 21.2. The summed E-state index contributed by atoms with van der Waals surface area (Å²) < 4.78 is 5.75. The molecule has 1 aliphatic rings. The van der Waals surface area contributed by atoms with Crippen molar-refractivity contribution in [1.29, 1.82) is 5.41 Å². The van der Waals surface area contributed by atoms with Gasteiger partial charge in [0.15, 0.2) is 0 Å². The Labute approximate surface area is 176 Å². The molecule has 1 aliphatic heterocycles. The monoisotopic (exact) mass is 402 g/mol. The van der Waals surface area contributed by atoms with Gasteiger partial charge in [-0.15, -0.1) is 0 Å². The van der Waals surface area contributed by atoms with E-state index in [0.29, 0.717) is 17.2 Å². The van der Waals surface area contributed by atoms with Gasteiger partial charge in [-0.25, -0.2) is 0 Å². The lowest BCUT2D eigenvalue weighted by atomic mass is 9.98. The zero-order valence-corrected chi connectivity index (χ0v) is 16.8. The average molecular weight is 402 g/mol. The Balaban J connectivity index is 1.64. The Kier molecular flexibility index (Phi) is 7.69. The van der Waals surface area contributed by atoms with Crippen molar-refractivity contribution in [3.05, 3.63) is 84.1 Å². The second-order valence-corrected chi connectivity index (χ2v) is 6.99. The maximum atomic E-state index is 11.8. The van der Waals surface area contributed by atoms with E-state index in [-0.39, 0.29) is 11.3 Å². The second-order valence-electron chi connectivity index (χ2n) is 6.99. The van der Waals surface area contributed by atoms with Gasteiger partial charge in [0.2, 0.25) is 0 Å². The van der Waals surface area contributed by atoms with Gasteiger partial charge in [-0.2, -0.15) is 0 Å². The highest BCUT2D eigenvalue weighted by Crippen LogP contribution is 2.22. The third kappa shape index (κ3) is 6.25. The van der Waals surface area contributed by atoms with Gasteiger partial charge in [-0.05, 0) is 74.3 Å². The minimum atomic E-state index is -0.691. The third-order valence-corrected chi connectivity index (χ3v) is 4.80.